The fourth-order valence-corrected chi connectivity index (χ4v) is 3.63. The number of H-pyrrole nitrogens is 1. The molecule has 1 unspecified atom stereocenters. The summed E-state index contributed by atoms with van der Waals surface area (Å²) in [6, 6.07) is 9.60. The van der Waals surface area contributed by atoms with Gasteiger partial charge >= 0.3 is 0 Å². The van der Waals surface area contributed by atoms with Crippen LogP contribution in [0.25, 0.3) is 10.9 Å². The molecule has 122 valence electrons. The largest absolute Gasteiger partial charge is 0.338 e. The molecule has 1 N–H and O–H groups in total. The maximum atomic E-state index is 13.1. The molecule has 0 radical (unpaired) electrons. The first-order chi connectivity index (χ1) is 11.7. The molecule has 0 spiro atoms. The number of hydrogen-bond acceptors (Lipinski definition) is 3. The Balaban J connectivity index is 1.63. The fraction of sp³-hybridized carbons (Fsp3) is 0.316. The quantitative estimate of drug-likeness (QED) is 0.788. The minimum Gasteiger partial charge on any atom is -0.338 e. The molecule has 0 saturated carbocycles. The first-order valence-electron chi connectivity index (χ1n) is 8.37. The summed E-state index contributed by atoms with van der Waals surface area (Å²) < 4.78 is 0. The first kappa shape index (κ1) is 14.9. The number of likely N-dealkylation sites (tertiary alicyclic amines) is 1. The summed E-state index contributed by atoms with van der Waals surface area (Å²) in [7, 11) is 0. The minimum atomic E-state index is 0.0930. The van der Waals surface area contributed by atoms with Crippen LogP contribution in [0.1, 0.15) is 40.4 Å². The number of pyridine rings is 1. The normalized spacial score (nSPS) is 18.0. The van der Waals surface area contributed by atoms with Crippen molar-refractivity contribution in [3.63, 3.8) is 0 Å². The zero-order valence-corrected chi connectivity index (χ0v) is 13.7. The van der Waals surface area contributed by atoms with E-state index >= 15 is 0 Å². The van der Waals surface area contributed by atoms with E-state index in [4.69, 9.17) is 0 Å². The second-order valence-electron chi connectivity index (χ2n) is 6.43. The molecular weight excluding hydrogens is 300 g/mol. The predicted molar refractivity (Wildman–Crippen MR) is 92.9 cm³/mol. The van der Waals surface area contributed by atoms with E-state index in [1.54, 1.807) is 6.20 Å². The molecule has 24 heavy (non-hydrogen) atoms. The topological polar surface area (TPSA) is 61.9 Å². The third-order valence-electron chi connectivity index (χ3n) is 4.86. The van der Waals surface area contributed by atoms with Crippen LogP contribution in [0.15, 0.2) is 42.7 Å². The minimum absolute atomic E-state index is 0.0930. The van der Waals surface area contributed by atoms with Crippen molar-refractivity contribution in [1.82, 2.24) is 20.1 Å². The van der Waals surface area contributed by atoms with Crippen molar-refractivity contribution >= 4 is 16.8 Å². The monoisotopic (exact) mass is 320 g/mol. The molecule has 3 aromatic rings. The molecule has 5 heteroatoms. The lowest BCUT2D eigenvalue weighted by molar-refractivity contribution is 0.0707. The van der Waals surface area contributed by atoms with Gasteiger partial charge in [-0.15, -0.1) is 0 Å². The Morgan fingerprint density at radius 1 is 1.29 bits per heavy atom. The average Bonchev–Trinajstić information content (AvgIpc) is 3.07. The molecule has 1 atom stereocenters. The molecule has 3 heterocycles. The van der Waals surface area contributed by atoms with Gasteiger partial charge < -0.3 is 4.90 Å². The molecule has 4 rings (SSSR count). The van der Waals surface area contributed by atoms with Crippen LogP contribution in [0.4, 0.5) is 0 Å². The van der Waals surface area contributed by atoms with Crippen molar-refractivity contribution in [3.05, 3.63) is 59.5 Å². The highest BCUT2D eigenvalue weighted by molar-refractivity contribution is 6.06. The predicted octanol–water partition coefficient (Wildman–Crippen LogP) is 3.29. The molecule has 1 aliphatic heterocycles. The van der Waals surface area contributed by atoms with Crippen LogP contribution < -0.4 is 0 Å². The zero-order valence-electron chi connectivity index (χ0n) is 13.7. The van der Waals surface area contributed by atoms with Crippen LogP contribution in [0.5, 0.6) is 0 Å². The molecule has 1 aliphatic rings. The Kier molecular flexibility index (Phi) is 3.76. The smallest absolute Gasteiger partial charge is 0.254 e. The molecule has 2 aromatic heterocycles. The van der Waals surface area contributed by atoms with Crippen LogP contribution in [0.2, 0.25) is 0 Å². The number of benzene rings is 1. The van der Waals surface area contributed by atoms with Gasteiger partial charge in [0, 0.05) is 41.8 Å². The van der Waals surface area contributed by atoms with Crippen LogP contribution >= 0.6 is 0 Å². The zero-order chi connectivity index (χ0) is 16.5. The number of amides is 1. The van der Waals surface area contributed by atoms with Gasteiger partial charge in [0.05, 0.1) is 11.7 Å². The Morgan fingerprint density at radius 2 is 2.21 bits per heavy atom. The lowest BCUT2D eigenvalue weighted by atomic mass is 9.92. The van der Waals surface area contributed by atoms with Crippen LogP contribution in [-0.4, -0.2) is 39.1 Å². The summed E-state index contributed by atoms with van der Waals surface area (Å²) in [4.78, 5) is 19.4. The van der Waals surface area contributed by atoms with E-state index in [0.29, 0.717) is 5.92 Å². The maximum Gasteiger partial charge on any atom is 0.254 e. The molecule has 5 nitrogen and oxygen atoms in total. The Hall–Kier alpha value is -2.69. The van der Waals surface area contributed by atoms with Crippen molar-refractivity contribution in [2.24, 2.45) is 0 Å². The van der Waals surface area contributed by atoms with Gasteiger partial charge in [-0.2, -0.15) is 5.10 Å². The lowest BCUT2D eigenvalue weighted by Crippen LogP contribution is -2.39. The van der Waals surface area contributed by atoms with Gasteiger partial charge in [-0.3, -0.25) is 14.9 Å². The van der Waals surface area contributed by atoms with Gasteiger partial charge in [0.25, 0.3) is 5.91 Å². The number of carbonyl (C=O) groups is 1. The second kappa shape index (κ2) is 6.07. The number of aromatic amines is 1. The molecule has 0 bridgehead atoms. The van der Waals surface area contributed by atoms with Crippen LogP contribution in [-0.2, 0) is 0 Å². The number of nitrogens with zero attached hydrogens (tertiary/aromatic N) is 3. The highest BCUT2D eigenvalue weighted by Gasteiger charge is 2.27. The number of aromatic nitrogens is 3. The van der Waals surface area contributed by atoms with Gasteiger partial charge in [-0.25, -0.2) is 0 Å². The summed E-state index contributed by atoms with van der Waals surface area (Å²) in [5.74, 6) is 0.425. The Labute approximate surface area is 140 Å². The van der Waals surface area contributed by atoms with Crippen molar-refractivity contribution in [1.29, 1.82) is 0 Å². The van der Waals surface area contributed by atoms with Gasteiger partial charge in [-0.1, -0.05) is 12.1 Å². The molecule has 1 saturated heterocycles. The van der Waals surface area contributed by atoms with Crippen LogP contribution in [0.3, 0.4) is 0 Å². The number of rotatable bonds is 2. The maximum absolute atomic E-state index is 13.1. The van der Waals surface area contributed by atoms with Crippen LogP contribution in [0, 0.1) is 6.92 Å². The summed E-state index contributed by atoms with van der Waals surface area (Å²) >= 11 is 0. The number of carbonyl (C=O) groups excluding carboxylic acids is 1. The summed E-state index contributed by atoms with van der Waals surface area (Å²) in [6.45, 7) is 3.60. The molecule has 1 fully saturated rings. The van der Waals surface area contributed by atoms with Crippen molar-refractivity contribution in [2.45, 2.75) is 25.7 Å². The van der Waals surface area contributed by atoms with E-state index in [9.17, 15) is 4.79 Å². The van der Waals surface area contributed by atoms with Crippen molar-refractivity contribution in [2.75, 3.05) is 13.1 Å². The number of hydrogen-bond donors (Lipinski definition) is 1. The second-order valence-corrected chi connectivity index (χ2v) is 6.43. The van der Waals surface area contributed by atoms with E-state index in [-0.39, 0.29) is 5.91 Å². The highest BCUT2D eigenvalue weighted by Crippen LogP contribution is 2.29. The summed E-state index contributed by atoms with van der Waals surface area (Å²) in [6.07, 6.45) is 5.71. The fourth-order valence-electron chi connectivity index (χ4n) is 3.63. The lowest BCUT2D eigenvalue weighted by Gasteiger charge is -2.33. The van der Waals surface area contributed by atoms with E-state index in [0.717, 1.165) is 48.1 Å². The number of piperidine rings is 1. The van der Waals surface area contributed by atoms with Gasteiger partial charge in [0.15, 0.2) is 0 Å². The highest BCUT2D eigenvalue weighted by atomic mass is 16.2. The first-order valence-corrected chi connectivity index (χ1v) is 8.37. The number of fused-ring (bicyclic) bond motifs is 1. The summed E-state index contributed by atoms with van der Waals surface area (Å²) in [5.41, 5.74) is 3.93. The molecule has 1 amide bonds. The SMILES string of the molecule is Cc1cn[nH]c1C1CCCN(C(=O)c2cccc3ncccc23)C1. The van der Waals surface area contributed by atoms with Gasteiger partial charge in [0.2, 0.25) is 0 Å². The number of nitrogens with one attached hydrogen (secondary N) is 1. The van der Waals surface area contributed by atoms with E-state index in [1.807, 2.05) is 41.4 Å². The van der Waals surface area contributed by atoms with Crippen molar-refractivity contribution in [3.8, 4) is 0 Å². The van der Waals surface area contributed by atoms with Gasteiger partial charge in [-0.05, 0) is 43.5 Å². The Morgan fingerprint density at radius 3 is 3.04 bits per heavy atom. The summed E-state index contributed by atoms with van der Waals surface area (Å²) in [5, 5.41) is 8.16. The molecule has 0 aliphatic carbocycles. The van der Waals surface area contributed by atoms with E-state index in [1.165, 1.54) is 5.56 Å². The third-order valence-corrected chi connectivity index (χ3v) is 4.86. The standard InChI is InChI=1S/C19H20N4O/c1-13-11-21-22-18(13)14-5-4-10-23(12-14)19(24)16-6-2-8-17-15(16)7-3-9-20-17/h2-3,6-9,11,14H,4-5,10,12H2,1H3,(H,21,22). The average molecular weight is 320 g/mol. The number of aryl methyl sites for hydroxylation is 1. The van der Waals surface area contributed by atoms with Gasteiger partial charge in [0.1, 0.15) is 0 Å². The third kappa shape index (κ3) is 2.56. The van der Waals surface area contributed by atoms with E-state index < -0.39 is 0 Å². The molecular formula is C19H20N4O. The van der Waals surface area contributed by atoms with Crippen molar-refractivity contribution < 1.29 is 4.79 Å². The van der Waals surface area contributed by atoms with E-state index in [2.05, 4.69) is 22.1 Å². The Bertz CT molecular complexity index is 880. The molecule has 1 aromatic carbocycles.